The summed E-state index contributed by atoms with van der Waals surface area (Å²) in [4.78, 5) is 0. The van der Waals surface area contributed by atoms with E-state index in [0.29, 0.717) is 0 Å². The summed E-state index contributed by atoms with van der Waals surface area (Å²) in [6.07, 6.45) is 0. The van der Waals surface area contributed by atoms with E-state index in [4.69, 9.17) is 5.26 Å². The summed E-state index contributed by atoms with van der Waals surface area (Å²) >= 11 is 3.09. The van der Waals surface area contributed by atoms with Crippen LogP contribution in [0.1, 0.15) is 0 Å². The molecule has 0 bridgehead atoms. The first-order valence-electron chi connectivity index (χ1n) is 0.447. The molecule has 0 amide bonds. The smallest absolute Gasteiger partial charge is 0.130 e. The van der Waals surface area contributed by atoms with Crippen molar-refractivity contribution in [2.75, 3.05) is 0 Å². The number of thiocyanates is 1. The van der Waals surface area contributed by atoms with Crippen molar-refractivity contribution in [1.29, 1.82) is 5.26 Å². The molecule has 0 aromatic rings. The topological polar surface area (TPSA) is 23.8 Å². The first-order valence-corrected chi connectivity index (χ1v) is 0.894. The second kappa shape index (κ2) is 9.32. The van der Waals surface area contributed by atoms with Gasteiger partial charge in [-0.3, -0.25) is 0 Å². The fraction of sp³-hybridized carbons (Fsp3) is 0. The van der Waals surface area contributed by atoms with Gasteiger partial charge < -0.3 is 0 Å². The molecule has 0 atom stereocenters. The van der Waals surface area contributed by atoms with Gasteiger partial charge in [0.25, 0.3) is 0 Å². The van der Waals surface area contributed by atoms with Crippen molar-refractivity contribution in [3.63, 3.8) is 0 Å². The summed E-state index contributed by atoms with van der Waals surface area (Å²) in [5.74, 6) is 0. The van der Waals surface area contributed by atoms with Crippen LogP contribution in [0.15, 0.2) is 0 Å². The van der Waals surface area contributed by atoms with E-state index in [-0.39, 0.29) is 25.8 Å². The van der Waals surface area contributed by atoms with E-state index >= 15 is 0 Å². The Labute approximate surface area is 49.2 Å². The molecule has 0 N–H and O–H groups in total. The van der Waals surface area contributed by atoms with Crippen LogP contribution < -0.4 is 0 Å². The Balaban J connectivity index is 0. The van der Waals surface area contributed by atoms with Gasteiger partial charge >= 0.3 is 0 Å². The van der Waals surface area contributed by atoms with E-state index < -0.39 is 0 Å². The molecule has 0 heterocycles. The SMILES string of the molecule is N#CS.[Hf]. The van der Waals surface area contributed by atoms with Crippen LogP contribution in [-0.4, -0.2) is 0 Å². The normalized spacial score (nSPS) is 2.00. The molecule has 1 nitrogen and oxygen atoms in total. The van der Waals surface area contributed by atoms with Crippen molar-refractivity contribution in [2.45, 2.75) is 0 Å². The third kappa shape index (κ3) is 15.7. The van der Waals surface area contributed by atoms with Gasteiger partial charge in [-0.15, -0.1) is 0 Å². The summed E-state index contributed by atoms with van der Waals surface area (Å²) in [7, 11) is 0. The molecule has 3 heteroatoms. The van der Waals surface area contributed by atoms with Crippen LogP contribution in [0.4, 0.5) is 0 Å². The molecule has 0 spiro atoms. The molecule has 0 unspecified atom stereocenters. The maximum atomic E-state index is 7.18. The van der Waals surface area contributed by atoms with Gasteiger partial charge in [0.05, 0.1) is 0 Å². The maximum absolute atomic E-state index is 7.18. The van der Waals surface area contributed by atoms with Crippen LogP contribution in [-0.2, 0) is 25.8 Å². The van der Waals surface area contributed by atoms with Crippen molar-refractivity contribution in [3.8, 4) is 5.40 Å². The zero-order valence-electron chi connectivity index (χ0n) is 1.89. The molecule has 0 radical (unpaired) electrons. The standard InChI is InChI=1S/CHNS.Hf/c2-1-3;/h3H;. The monoisotopic (exact) mass is 239 g/mol. The molecule has 4 heavy (non-hydrogen) atoms. The predicted molar refractivity (Wildman–Crippen MR) is 14.6 cm³/mol. The molecule has 0 aromatic carbocycles. The Morgan fingerprint density at radius 3 is 1.75 bits per heavy atom. The van der Waals surface area contributed by atoms with Crippen molar-refractivity contribution >= 4 is 12.6 Å². The Kier molecular flexibility index (Phi) is 20.6. The van der Waals surface area contributed by atoms with E-state index in [1.54, 1.807) is 0 Å². The van der Waals surface area contributed by atoms with Crippen LogP contribution in [0.3, 0.4) is 0 Å². The fourth-order valence-electron chi connectivity index (χ4n) is 0. The third-order valence-corrected chi connectivity index (χ3v) is 0. The van der Waals surface area contributed by atoms with Crippen LogP contribution >= 0.6 is 12.6 Å². The van der Waals surface area contributed by atoms with E-state index in [1.165, 1.54) is 5.40 Å². The minimum atomic E-state index is 0. The number of rotatable bonds is 0. The van der Waals surface area contributed by atoms with E-state index in [1.807, 2.05) is 0 Å². The quantitative estimate of drug-likeness (QED) is 0.368. The average Bonchev–Trinajstić information content (AvgIpc) is 0.918. The molecule has 0 saturated heterocycles. The maximum Gasteiger partial charge on any atom is 0.130 e. The van der Waals surface area contributed by atoms with Crippen LogP contribution in [0.5, 0.6) is 0 Å². The van der Waals surface area contributed by atoms with Crippen LogP contribution in [0, 0.1) is 10.7 Å². The van der Waals surface area contributed by atoms with Crippen molar-refractivity contribution in [1.82, 2.24) is 0 Å². The summed E-state index contributed by atoms with van der Waals surface area (Å²) in [5, 5.41) is 8.63. The van der Waals surface area contributed by atoms with E-state index in [9.17, 15) is 0 Å². The number of thiol groups is 1. The third-order valence-electron chi connectivity index (χ3n) is 0. The van der Waals surface area contributed by atoms with Crippen molar-refractivity contribution < 1.29 is 25.8 Å². The fourth-order valence-corrected chi connectivity index (χ4v) is 0. The van der Waals surface area contributed by atoms with Crippen LogP contribution in [0.2, 0.25) is 0 Å². The average molecular weight is 238 g/mol. The van der Waals surface area contributed by atoms with Crippen molar-refractivity contribution in [3.05, 3.63) is 0 Å². The number of nitriles is 1. The molecule has 0 saturated carbocycles. The first kappa shape index (κ1) is 8.83. The van der Waals surface area contributed by atoms with E-state index in [0.717, 1.165) is 0 Å². The Morgan fingerprint density at radius 2 is 1.75 bits per heavy atom. The second-order valence-electron chi connectivity index (χ2n) is 0.100. The molecule has 0 aliphatic heterocycles. The van der Waals surface area contributed by atoms with Gasteiger partial charge in [-0.25, -0.2) is 0 Å². The molecule has 0 fully saturated rings. The van der Waals surface area contributed by atoms with Crippen molar-refractivity contribution in [2.24, 2.45) is 0 Å². The Bertz CT molecular complexity index is 29.5. The van der Waals surface area contributed by atoms with E-state index in [2.05, 4.69) is 12.6 Å². The summed E-state index contributed by atoms with van der Waals surface area (Å²) < 4.78 is 0. The van der Waals surface area contributed by atoms with Gasteiger partial charge in [-0.05, 0) is 0 Å². The predicted octanol–water partition coefficient (Wildman–Crippen LogP) is 0.395. The van der Waals surface area contributed by atoms with Crippen LogP contribution in [0.25, 0.3) is 0 Å². The molecule has 0 aromatic heterocycles. The Hall–Kier alpha value is 0.710. The second-order valence-corrected chi connectivity index (χ2v) is 0.300. The van der Waals surface area contributed by atoms with Gasteiger partial charge in [0, 0.05) is 25.8 Å². The van der Waals surface area contributed by atoms with Gasteiger partial charge in [-0.2, -0.15) is 5.26 Å². The minimum Gasteiger partial charge on any atom is -0.185 e. The largest absolute Gasteiger partial charge is 0.185 e. The number of nitrogens with zero attached hydrogens (tertiary/aromatic N) is 1. The van der Waals surface area contributed by atoms with Gasteiger partial charge in [-0.1, -0.05) is 12.6 Å². The molecular weight excluding hydrogens is 237 g/mol. The van der Waals surface area contributed by atoms with Gasteiger partial charge in [0.1, 0.15) is 5.40 Å². The summed E-state index contributed by atoms with van der Waals surface area (Å²) in [5.41, 5.74) is 0. The van der Waals surface area contributed by atoms with Gasteiger partial charge in [0.15, 0.2) is 0 Å². The molecule has 0 aliphatic carbocycles. The first-order chi connectivity index (χ1) is 1.41. The zero-order valence-corrected chi connectivity index (χ0v) is 6.38. The minimum absolute atomic E-state index is 0. The Morgan fingerprint density at radius 1 is 1.75 bits per heavy atom. The summed E-state index contributed by atoms with van der Waals surface area (Å²) in [6, 6.07) is 0. The zero-order chi connectivity index (χ0) is 2.71. The van der Waals surface area contributed by atoms with Gasteiger partial charge in [0.2, 0.25) is 0 Å². The number of hydrogen-bond acceptors (Lipinski definition) is 2. The molecule has 0 aliphatic rings. The molecular formula is CHHfNS. The molecule has 0 rings (SSSR count). The summed E-state index contributed by atoms with van der Waals surface area (Å²) in [6.45, 7) is 0. The molecule has 20 valence electrons. The number of hydrogen-bond donors (Lipinski definition) is 1.